The summed E-state index contributed by atoms with van der Waals surface area (Å²) in [6.07, 6.45) is 3.87. The van der Waals surface area contributed by atoms with Gasteiger partial charge in [-0.25, -0.2) is 0 Å². The number of carbonyl (C=O) groups excluding carboxylic acids is 3. The first-order valence-corrected chi connectivity index (χ1v) is 6.26. The van der Waals surface area contributed by atoms with Crippen molar-refractivity contribution in [1.82, 2.24) is 0 Å². The lowest BCUT2D eigenvalue weighted by atomic mass is 9.96. The van der Waals surface area contributed by atoms with Crippen LogP contribution in [0.5, 0.6) is 0 Å². The standard InChI is InChI=1S/C15H11ClO4/c1-9-8-13(18)14(15(19)20-9)12(17)7-4-10-2-5-11(16)6-3-10/h2-8,14H,1H3. The third-order valence-corrected chi connectivity index (χ3v) is 2.97. The Balaban J connectivity index is 2.14. The number of ether oxygens (including phenoxy) is 1. The summed E-state index contributed by atoms with van der Waals surface area (Å²) in [5.74, 6) is -3.18. The van der Waals surface area contributed by atoms with Gasteiger partial charge in [-0.2, -0.15) is 0 Å². The number of hydrogen-bond acceptors (Lipinski definition) is 4. The van der Waals surface area contributed by atoms with Crippen LogP contribution in [0.15, 0.2) is 42.2 Å². The predicted molar refractivity (Wildman–Crippen MR) is 73.8 cm³/mol. The van der Waals surface area contributed by atoms with Crippen molar-refractivity contribution >= 4 is 35.2 Å². The third-order valence-electron chi connectivity index (χ3n) is 2.72. The van der Waals surface area contributed by atoms with Gasteiger partial charge in [-0.3, -0.25) is 14.4 Å². The van der Waals surface area contributed by atoms with Gasteiger partial charge in [0.25, 0.3) is 0 Å². The molecule has 0 radical (unpaired) electrons. The van der Waals surface area contributed by atoms with Crippen LogP contribution in [0.25, 0.3) is 6.08 Å². The molecule has 0 N–H and O–H groups in total. The Morgan fingerprint density at radius 1 is 1.25 bits per heavy atom. The zero-order chi connectivity index (χ0) is 14.7. The molecule has 1 heterocycles. The van der Waals surface area contributed by atoms with E-state index in [2.05, 4.69) is 0 Å². The number of rotatable bonds is 3. The minimum absolute atomic E-state index is 0.200. The van der Waals surface area contributed by atoms with E-state index < -0.39 is 23.5 Å². The van der Waals surface area contributed by atoms with Crippen LogP contribution in [0.2, 0.25) is 5.02 Å². The van der Waals surface area contributed by atoms with Gasteiger partial charge in [-0.1, -0.05) is 29.8 Å². The first-order chi connectivity index (χ1) is 9.47. The Hall–Kier alpha value is -2.20. The quantitative estimate of drug-likeness (QED) is 0.488. The van der Waals surface area contributed by atoms with Crippen LogP contribution in [0.1, 0.15) is 12.5 Å². The Morgan fingerprint density at radius 2 is 1.90 bits per heavy atom. The van der Waals surface area contributed by atoms with E-state index in [-0.39, 0.29) is 5.76 Å². The van der Waals surface area contributed by atoms with E-state index in [0.717, 1.165) is 11.6 Å². The molecule has 0 fully saturated rings. The van der Waals surface area contributed by atoms with Crippen molar-refractivity contribution in [3.8, 4) is 0 Å². The highest BCUT2D eigenvalue weighted by Gasteiger charge is 2.36. The number of benzene rings is 1. The van der Waals surface area contributed by atoms with Crippen LogP contribution >= 0.6 is 11.6 Å². The van der Waals surface area contributed by atoms with E-state index in [0.29, 0.717) is 5.02 Å². The minimum atomic E-state index is -1.40. The lowest BCUT2D eigenvalue weighted by Crippen LogP contribution is -2.34. The number of allylic oxidation sites excluding steroid dienone is 3. The molecule has 1 aromatic rings. The Morgan fingerprint density at radius 3 is 2.50 bits per heavy atom. The fourth-order valence-electron chi connectivity index (χ4n) is 1.75. The number of cyclic esters (lactones) is 1. The summed E-state index contributed by atoms with van der Waals surface area (Å²) in [7, 11) is 0. The minimum Gasteiger partial charge on any atom is -0.430 e. The monoisotopic (exact) mass is 290 g/mol. The maximum absolute atomic E-state index is 11.9. The summed E-state index contributed by atoms with van der Waals surface area (Å²) >= 11 is 5.74. The van der Waals surface area contributed by atoms with Crippen molar-refractivity contribution in [2.24, 2.45) is 5.92 Å². The van der Waals surface area contributed by atoms with Crippen LogP contribution in [-0.2, 0) is 19.1 Å². The molecule has 1 aromatic carbocycles. The fraction of sp³-hybridized carbons (Fsp3) is 0.133. The molecule has 0 bridgehead atoms. The van der Waals surface area contributed by atoms with Crippen molar-refractivity contribution in [2.75, 3.05) is 0 Å². The van der Waals surface area contributed by atoms with Gasteiger partial charge in [0.05, 0.1) is 0 Å². The highest BCUT2D eigenvalue weighted by Crippen LogP contribution is 2.17. The predicted octanol–water partition coefficient (Wildman–Crippen LogP) is 2.57. The SMILES string of the molecule is CC1=CC(=O)C(C(=O)C=Cc2ccc(Cl)cc2)C(=O)O1. The Labute approximate surface area is 120 Å². The topological polar surface area (TPSA) is 60.4 Å². The number of hydrogen-bond donors (Lipinski definition) is 0. The van der Waals surface area contributed by atoms with Crippen LogP contribution in [0.3, 0.4) is 0 Å². The molecule has 102 valence electrons. The molecule has 1 aliphatic rings. The summed E-state index contributed by atoms with van der Waals surface area (Å²) in [5, 5.41) is 0.583. The maximum Gasteiger partial charge on any atom is 0.329 e. The molecular formula is C15H11ClO4. The molecule has 0 aliphatic carbocycles. The first-order valence-electron chi connectivity index (χ1n) is 5.89. The van der Waals surface area contributed by atoms with Crippen LogP contribution < -0.4 is 0 Å². The van der Waals surface area contributed by atoms with E-state index >= 15 is 0 Å². The Bertz CT molecular complexity index is 626. The second-order valence-corrected chi connectivity index (χ2v) is 4.74. The summed E-state index contributed by atoms with van der Waals surface area (Å²) < 4.78 is 4.79. The first kappa shape index (κ1) is 14.2. The molecule has 2 rings (SSSR count). The number of halogens is 1. The van der Waals surface area contributed by atoms with Crippen molar-refractivity contribution in [3.05, 3.63) is 52.8 Å². The van der Waals surface area contributed by atoms with E-state index in [9.17, 15) is 14.4 Å². The normalized spacial score (nSPS) is 18.9. The summed E-state index contributed by atoms with van der Waals surface area (Å²) in [6, 6.07) is 6.80. The zero-order valence-electron chi connectivity index (χ0n) is 10.6. The van der Waals surface area contributed by atoms with E-state index in [1.54, 1.807) is 24.3 Å². The molecule has 1 aliphatic heterocycles. The molecule has 0 saturated heterocycles. The number of carbonyl (C=O) groups is 3. The van der Waals surface area contributed by atoms with Gasteiger partial charge in [-0.05, 0) is 30.7 Å². The molecule has 4 nitrogen and oxygen atoms in total. The summed E-state index contributed by atoms with van der Waals surface area (Å²) in [4.78, 5) is 35.1. The molecule has 1 unspecified atom stereocenters. The second-order valence-electron chi connectivity index (χ2n) is 4.30. The van der Waals surface area contributed by atoms with Gasteiger partial charge in [0.1, 0.15) is 5.76 Å². The highest BCUT2D eigenvalue weighted by molar-refractivity contribution is 6.30. The second kappa shape index (κ2) is 5.84. The van der Waals surface area contributed by atoms with E-state index in [4.69, 9.17) is 16.3 Å². The lowest BCUT2D eigenvalue weighted by molar-refractivity contribution is -0.151. The van der Waals surface area contributed by atoms with Gasteiger partial charge in [0, 0.05) is 11.1 Å². The Kier molecular flexibility index (Phi) is 4.15. The molecule has 0 aromatic heterocycles. The van der Waals surface area contributed by atoms with Crippen LogP contribution in [0, 0.1) is 5.92 Å². The molecular weight excluding hydrogens is 280 g/mol. The van der Waals surface area contributed by atoms with E-state index in [1.807, 2.05) is 0 Å². The van der Waals surface area contributed by atoms with Crippen molar-refractivity contribution in [1.29, 1.82) is 0 Å². The highest BCUT2D eigenvalue weighted by atomic mass is 35.5. The molecule has 20 heavy (non-hydrogen) atoms. The maximum atomic E-state index is 11.9. The van der Waals surface area contributed by atoms with Crippen molar-refractivity contribution in [2.45, 2.75) is 6.92 Å². The smallest absolute Gasteiger partial charge is 0.329 e. The van der Waals surface area contributed by atoms with Crippen LogP contribution in [-0.4, -0.2) is 17.5 Å². The third kappa shape index (κ3) is 3.22. The number of esters is 1. The molecule has 1 atom stereocenters. The molecule has 0 spiro atoms. The average molecular weight is 291 g/mol. The van der Waals surface area contributed by atoms with Gasteiger partial charge in [0.2, 0.25) is 0 Å². The van der Waals surface area contributed by atoms with Gasteiger partial charge < -0.3 is 4.74 Å². The molecule has 5 heteroatoms. The summed E-state index contributed by atoms with van der Waals surface area (Å²) in [5.41, 5.74) is 0.742. The van der Waals surface area contributed by atoms with Gasteiger partial charge >= 0.3 is 5.97 Å². The van der Waals surface area contributed by atoms with Gasteiger partial charge in [0.15, 0.2) is 17.5 Å². The van der Waals surface area contributed by atoms with Crippen molar-refractivity contribution in [3.63, 3.8) is 0 Å². The fourth-order valence-corrected chi connectivity index (χ4v) is 1.88. The number of ketones is 2. The van der Waals surface area contributed by atoms with Crippen molar-refractivity contribution < 1.29 is 19.1 Å². The molecule has 0 saturated carbocycles. The molecule has 0 amide bonds. The van der Waals surface area contributed by atoms with Gasteiger partial charge in [-0.15, -0.1) is 0 Å². The van der Waals surface area contributed by atoms with Crippen LogP contribution in [0.4, 0.5) is 0 Å². The average Bonchev–Trinajstić information content (AvgIpc) is 2.37. The zero-order valence-corrected chi connectivity index (χ0v) is 11.4. The largest absolute Gasteiger partial charge is 0.430 e. The van der Waals surface area contributed by atoms with E-state index in [1.165, 1.54) is 19.1 Å². The summed E-state index contributed by atoms with van der Waals surface area (Å²) in [6.45, 7) is 1.49. The lowest BCUT2D eigenvalue weighted by Gasteiger charge is -2.15.